The maximum absolute atomic E-state index is 12.7. The van der Waals surface area contributed by atoms with Crippen LogP contribution in [-0.2, 0) is 11.2 Å². The topological polar surface area (TPSA) is 70.7 Å². The second-order valence-electron chi connectivity index (χ2n) is 8.80. The maximum Gasteiger partial charge on any atom is 0.253 e. The molecule has 2 N–H and O–H groups in total. The zero-order valence-corrected chi connectivity index (χ0v) is 20.0. The van der Waals surface area contributed by atoms with E-state index >= 15 is 0 Å². The van der Waals surface area contributed by atoms with Crippen LogP contribution in [0.5, 0.6) is 5.75 Å². The third kappa shape index (κ3) is 7.60. The summed E-state index contributed by atoms with van der Waals surface area (Å²) in [7, 11) is 0. The molecule has 1 aliphatic heterocycles. The van der Waals surface area contributed by atoms with E-state index < -0.39 is 0 Å². The number of hydrogen-bond acceptors (Lipinski definition) is 4. The first-order valence-electron chi connectivity index (χ1n) is 12.4. The number of carbonyl (C=O) groups is 2. The van der Waals surface area contributed by atoms with E-state index in [4.69, 9.17) is 4.74 Å². The summed E-state index contributed by atoms with van der Waals surface area (Å²) < 4.78 is 5.86. The molecule has 2 amide bonds. The Kier molecular flexibility index (Phi) is 8.76. The Morgan fingerprint density at radius 3 is 2.29 bits per heavy atom. The standard InChI is InChI=1S/C29H33N3O3/c33-28(31-25-15-13-24(14-16-25)29(34)32-18-6-1-2-7-19-32)22-30-26-11-8-12-27(21-26)35-20-17-23-9-4-3-5-10-23/h3-5,8-16,21,30H,1-2,6-7,17-20,22H2,(H,31,33). The van der Waals surface area contributed by atoms with Crippen LogP contribution < -0.4 is 15.4 Å². The van der Waals surface area contributed by atoms with E-state index in [9.17, 15) is 9.59 Å². The molecular weight excluding hydrogens is 438 g/mol. The van der Waals surface area contributed by atoms with Gasteiger partial charge in [0.1, 0.15) is 5.75 Å². The molecule has 0 atom stereocenters. The Labute approximate surface area is 207 Å². The minimum atomic E-state index is -0.160. The van der Waals surface area contributed by atoms with Crippen molar-refractivity contribution in [3.05, 3.63) is 90.0 Å². The van der Waals surface area contributed by atoms with Crippen molar-refractivity contribution in [2.45, 2.75) is 32.1 Å². The average molecular weight is 472 g/mol. The van der Waals surface area contributed by atoms with Crippen molar-refractivity contribution in [3.8, 4) is 5.75 Å². The largest absolute Gasteiger partial charge is 0.493 e. The molecule has 35 heavy (non-hydrogen) atoms. The van der Waals surface area contributed by atoms with Crippen molar-refractivity contribution in [1.82, 2.24) is 4.90 Å². The number of carbonyl (C=O) groups excluding carboxylic acids is 2. The lowest BCUT2D eigenvalue weighted by Gasteiger charge is -2.20. The summed E-state index contributed by atoms with van der Waals surface area (Å²) in [5, 5.41) is 6.02. The summed E-state index contributed by atoms with van der Waals surface area (Å²) in [5.74, 6) is 0.667. The third-order valence-electron chi connectivity index (χ3n) is 6.10. The zero-order chi connectivity index (χ0) is 24.3. The molecule has 3 aromatic rings. The molecule has 6 heteroatoms. The van der Waals surface area contributed by atoms with Crippen molar-refractivity contribution in [2.24, 2.45) is 0 Å². The minimum absolute atomic E-state index is 0.0670. The Balaban J connectivity index is 1.22. The van der Waals surface area contributed by atoms with Gasteiger partial charge in [0.25, 0.3) is 5.91 Å². The summed E-state index contributed by atoms with van der Waals surface area (Å²) in [6.45, 7) is 2.36. The number of nitrogens with zero attached hydrogens (tertiary/aromatic N) is 1. The molecule has 0 spiro atoms. The molecule has 6 nitrogen and oxygen atoms in total. The Hall–Kier alpha value is -3.80. The predicted octanol–water partition coefficient (Wildman–Crippen LogP) is 5.37. The molecule has 1 saturated heterocycles. The van der Waals surface area contributed by atoms with Crippen LogP contribution in [0.15, 0.2) is 78.9 Å². The van der Waals surface area contributed by atoms with E-state index in [0.29, 0.717) is 17.9 Å². The monoisotopic (exact) mass is 471 g/mol. The molecule has 0 aromatic heterocycles. The number of nitrogens with one attached hydrogen (secondary N) is 2. The first-order chi connectivity index (χ1) is 17.2. The minimum Gasteiger partial charge on any atom is -0.493 e. The van der Waals surface area contributed by atoms with E-state index in [1.54, 1.807) is 24.3 Å². The molecule has 0 bridgehead atoms. The lowest BCUT2D eigenvalue weighted by atomic mass is 10.1. The van der Waals surface area contributed by atoms with Crippen molar-refractivity contribution in [3.63, 3.8) is 0 Å². The highest BCUT2D eigenvalue weighted by Crippen LogP contribution is 2.18. The summed E-state index contributed by atoms with van der Waals surface area (Å²) in [4.78, 5) is 27.1. The molecule has 0 saturated carbocycles. The van der Waals surface area contributed by atoms with Gasteiger partial charge in [-0.05, 0) is 54.8 Å². The first-order valence-corrected chi connectivity index (χ1v) is 12.4. The number of rotatable bonds is 9. The van der Waals surface area contributed by atoms with Crippen molar-refractivity contribution < 1.29 is 14.3 Å². The first kappa shape index (κ1) is 24.3. The summed E-state index contributed by atoms with van der Waals surface area (Å²) in [6, 6.07) is 25.0. The predicted molar refractivity (Wildman–Crippen MR) is 140 cm³/mol. The molecule has 1 aliphatic rings. The fourth-order valence-corrected chi connectivity index (χ4v) is 4.17. The number of anilines is 2. The van der Waals surface area contributed by atoms with Crippen LogP contribution in [0, 0.1) is 0 Å². The summed E-state index contributed by atoms with van der Waals surface area (Å²) >= 11 is 0. The highest BCUT2D eigenvalue weighted by Gasteiger charge is 2.17. The van der Waals surface area contributed by atoms with Crippen molar-refractivity contribution >= 4 is 23.2 Å². The Bertz CT molecular complexity index is 1090. The van der Waals surface area contributed by atoms with Gasteiger partial charge in [0.2, 0.25) is 5.91 Å². The van der Waals surface area contributed by atoms with Crippen LogP contribution in [-0.4, -0.2) is 43.0 Å². The molecule has 0 aliphatic carbocycles. The number of hydrogen-bond donors (Lipinski definition) is 2. The van der Waals surface area contributed by atoms with Gasteiger partial charge in [0, 0.05) is 42.5 Å². The van der Waals surface area contributed by atoms with Gasteiger partial charge in [-0.3, -0.25) is 9.59 Å². The van der Waals surface area contributed by atoms with Crippen LogP contribution in [0.25, 0.3) is 0 Å². The fourth-order valence-electron chi connectivity index (χ4n) is 4.17. The van der Waals surface area contributed by atoms with Gasteiger partial charge in [-0.15, -0.1) is 0 Å². The van der Waals surface area contributed by atoms with Crippen LogP contribution in [0.1, 0.15) is 41.6 Å². The quantitative estimate of drug-likeness (QED) is 0.440. The molecular formula is C29H33N3O3. The van der Waals surface area contributed by atoms with E-state index in [-0.39, 0.29) is 18.4 Å². The number of benzene rings is 3. The van der Waals surface area contributed by atoms with Gasteiger partial charge in [0.15, 0.2) is 0 Å². The maximum atomic E-state index is 12.7. The third-order valence-corrected chi connectivity index (χ3v) is 6.10. The second-order valence-corrected chi connectivity index (χ2v) is 8.80. The second kappa shape index (κ2) is 12.6. The van der Waals surface area contributed by atoms with Gasteiger partial charge in [0.05, 0.1) is 13.2 Å². The van der Waals surface area contributed by atoms with E-state index in [2.05, 4.69) is 22.8 Å². The SMILES string of the molecule is O=C(CNc1cccc(OCCc2ccccc2)c1)Nc1ccc(C(=O)N2CCCCCC2)cc1. The lowest BCUT2D eigenvalue weighted by molar-refractivity contribution is -0.114. The molecule has 182 valence electrons. The number of amides is 2. The Morgan fingerprint density at radius 2 is 1.54 bits per heavy atom. The normalized spacial score (nSPS) is 13.5. The summed E-state index contributed by atoms with van der Waals surface area (Å²) in [6.07, 6.45) is 5.34. The van der Waals surface area contributed by atoms with Gasteiger partial charge in [-0.25, -0.2) is 0 Å². The fraction of sp³-hybridized carbons (Fsp3) is 0.310. The van der Waals surface area contributed by atoms with Crippen LogP contribution in [0.3, 0.4) is 0 Å². The molecule has 1 fully saturated rings. The molecule has 0 radical (unpaired) electrons. The lowest BCUT2D eigenvalue weighted by Crippen LogP contribution is -2.31. The zero-order valence-electron chi connectivity index (χ0n) is 20.0. The Morgan fingerprint density at radius 1 is 0.800 bits per heavy atom. The van der Waals surface area contributed by atoms with Crippen LogP contribution in [0.2, 0.25) is 0 Å². The van der Waals surface area contributed by atoms with Crippen LogP contribution in [0.4, 0.5) is 11.4 Å². The van der Waals surface area contributed by atoms with Crippen molar-refractivity contribution in [2.75, 3.05) is 36.9 Å². The molecule has 4 rings (SSSR count). The number of ether oxygens (including phenoxy) is 1. The highest BCUT2D eigenvalue weighted by molar-refractivity contribution is 5.96. The van der Waals surface area contributed by atoms with Gasteiger partial charge in [-0.1, -0.05) is 49.2 Å². The van der Waals surface area contributed by atoms with Gasteiger partial charge in [-0.2, -0.15) is 0 Å². The van der Waals surface area contributed by atoms with E-state index in [1.165, 1.54) is 18.4 Å². The van der Waals surface area contributed by atoms with Crippen LogP contribution >= 0.6 is 0 Å². The number of likely N-dealkylation sites (tertiary alicyclic amines) is 1. The highest BCUT2D eigenvalue weighted by atomic mass is 16.5. The van der Waals surface area contributed by atoms with E-state index in [0.717, 1.165) is 43.8 Å². The average Bonchev–Trinajstić information content (AvgIpc) is 3.18. The summed E-state index contributed by atoms with van der Waals surface area (Å²) in [5.41, 5.74) is 3.38. The van der Waals surface area contributed by atoms with Crippen molar-refractivity contribution in [1.29, 1.82) is 0 Å². The van der Waals surface area contributed by atoms with Gasteiger partial charge >= 0.3 is 0 Å². The molecule has 1 heterocycles. The van der Waals surface area contributed by atoms with Gasteiger partial charge < -0.3 is 20.3 Å². The molecule has 0 unspecified atom stereocenters. The van der Waals surface area contributed by atoms with E-state index in [1.807, 2.05) is 47.4 Å². The molecule has 3 aromatic carbocycles. The smallest absolute Gasteiger partial charge is 0.253 e.